The topological polar surface area (TPSA) is 100 Å². The lowest BCUT2D eigenvalue weighted by Crippen LogP contribution is -2.20. The number of carbonyl (C=O) groups is 1. The van der Waals surface area contributed by atoms with Crippen molar-refractivity contribution in [2.45, 2.75) is 83.2 Å². The molecule has 1 aliphatic rings. The van der Waals surface area contributed by atoms with Crippen LogP contribution in [0, 0.1) is 11.8 Å². The van der Waals surface area contributed by atoms with Gasteiger partial charge >= 0.3 is 5.97 Å². The number of aliphatic hydroxyl groups excluding tert-OH is 3. The van der Waals surface area contributed by atoms with E-state index in [0.717, 1.165) is 36.0 Å². The molecule has 6 nitrogen and oxygen atoms in total. The van der Waals surface area contributed by atoms with Crippen molar-refractivity contribution in [3.05, 3.63) is 72.7 Å². The molecule has 0 radical (unpaired) electrons. The van der Waals surface area contributed by atoms with Crippen LogP contribution >= 0.6 is 0 Å². The summed E-state index contributed by atoms with van der Waals surface area (Å²) in [7, 11) is 0. The summed E-state index contributed by atoms with van der Waals surface area (Å²) in [5.74, 6) is -0.482. The van der Waals surface area contributed by atoms with Crippen LogP contribution in [0.3, 0.4) is 0 Å². The van der Waals surface area contributed by atoms with Gasteiger partial charge in [-0.1, -0.05) is 48.6 Å². The van der Waals surface area contributed by atoms with Crippen LogP contribution in [-0.4, -0.2) is 45.7 Å². The Bertz CT molecular complexity index is 977. The summed E-state index contributed by atoms with van der Waals surface area (Å²) in [6.07, 6.45) is 13.3. The monoisotopic (exact) mass is 496 g/mol. The van der Waals surface area contributed by atoms with Crippen LogP contribution in [0.5, 0.6) is 0 Å². The lowest BCUT2D eigenvalue weighted by molar-refractivity contribution is -0.147. The van der Waals surface area contributed by atoms with Gasteiger partial charge in [-0.05, 0) is 69.1 Å². The maximum Gasteiger partial charge on any atom is 0.306 e. The van der Waals surface area contributed by atoms with Crippen molar-refractivity contribution in [3.63, 3.8) is 0 Å². The number of hydrogen-bond donors (Lipinski definition) is 3. The number of unbranched alkanes of at least 4 members (excludes halogenated alkanes) is 1. The molecule has 1 aromatic carbocycles. The van der Waals surface area contributed by atoms with Gasteiger partial charge in [0.05, 0.1) is 36.9 Å². The standard InChI is InChI=1S/C30H40O6/c1-21(2)36-30(34)11-6-4-3-5-10-26-27(29(33)19-28(26)32)15-14-25(31)13-12-22-8-7-9-23(18-22)24-16-17-35-20-24/h3,5,7-9,14-18,20-21,25-29,31-33H,4,6,10-13,19H2,1-2H3/b5-3-,15-14+/t25-,26+,27+,28-,29+/m0/s1. The minimum Gasteiger partial charge on any atom is -0.472 e. The molecular formula is C30H40O6. The molecule has 1 aromatic heterocycles. The number of ether oxygens (including phenoxy) is 1. The second kappa shape index (κ2) is 14.2. The molecule has 1 fully saturated rings. The zero-order valence-corrected chi connectivity index (χ0v) is 21.3. The molecule has 3 rings (SSSR count). The molecular weight excluding hydrogens is 456 g/mol. The molecule has 0 spiro atoms. The molecule has 0 bridgehead atoms. The van der Waals surface area contributed by atoms with Crippen LogP contribution in [0.2, 0.25) is 0 Å². The molecule has 196 valence electrons. The van der Waals surface area contributed by atoms with E-state index in [2.05, 4.69) is 6.07 Å². The summed E-state index contributed by atoms with van der Waals surface area (Å²) < 4.78 is 10.3. The molecule has 0 amide bonds. The number of hydrogen-bond acceptors (Lipinski definition) is 6. The largest absolute Gasteiger partial charge is 0.472 e. The number of aliphatic hydroxyl groups is 3. The first kappa shape index (κ1) is 27.9. The Kier molecular flexibility index (Phi) is 11.0. The number of rotatable bonds is 13. The molecule has 3 N–H and O–H groups in total. The lowest BCUT2D eigenvalue weighted by Gasteiger charge is -2.19. The Labute approximate surface area is 214 Å². The number of allylic oxidation sites excluding steroid dienone is 2. The van der Waals surface area contributed by atoms with Gasteiger partial charge in [0, 0.05) is 24.3 Å². The summed E-state index contributed by atoms with van der Waals surface area (Å²) in [6, 6.07) is 10.1. The average Bonchev–Trinajstić information content (AvgIpc) is 3.46. The summed E-state index contributed by atoms with van der Waals surface area (Å²) in [5, 5.41) is 31.5. The zero-order valence-electron chi connectivity index (χ0n) is 21.3. The fourth-order valence-electron chi connectivity index (χ4n) is 4.77. The summed E-state index contributed by atoms with van der Waals surface area (Å²) >= 11 is 0. The number of esters is 1. The van der Waals surface area contributed by atoms with E-state index in [1.165, 1.54) is 0 Å². The Hall–Kier alpha value is -2.67. The van der Waals surface area contributed by atoms with Crippen molar-refractivity contribution < 1.29 is 29.3 Å². The van der Waals surface area contributed by atoms with Crippen molar-refractivity contribution in [2.75, 3.05) is 0 Å². The molecule has 5 atom stereocenters. The van der Waals surface area contributed by atoms with Crippen molar-refractivity contribution >= 4 is 5.97 Å². The second-order valence-electron chi connectivity index (χ2n) is 9.95. The number of benzene rings is 1. The summed E-state index contributed by atoms with van der Waals surface area (Å²) in [5.41, 5.74) is 3.25. The van der Waals surface area contributed by atoms with Crippen LogP contribution in [-0.2, 0) is 16.0 Å². The molecule has 0 unspecified atom stereocenters. The van der Waals surface area contributed by atoms with E-state index in [1.807, 2.05) is 56.3 Å². The normalized spacial score (nSPS) is 23.2. The fraction of sp³-hybridized carbons (Fsp3) is 0.500. The van der Waals surface area contributed by atoms with E-state index < -0.39 is 18.3 Å². The predicted octanol–water partition coefficient (Wildman–Crippen LogP) is 5.22. The van der Waals surface area contributed by atoms with Crippen molar-refractivity contribution in [1.82, 2.24) is 0 Å². The Morgan fingerprint density at radius 2 is 2.00 bits per heavy atom. The van der Waals surface area contributed by atoms with Crippen LogP contribution in [0.15, 0.2) is 71.6 Å². The van der Waals surface area contributed by atoms with Gasteiger partial charge in [0.1, 0.15) is 0 Å². The average molecular weight is 497 g/mol. The van der Waals surface area contributed by atoms with Gasteiger partial charge in [-0.2, -0.15) is 0 Å². The summed E-state index contributed by atoms with van der Waals surface area (Å²) in [4.78, 5) is 11.6. The van der Waals surface area contributed by atoms with Crippen LogP contribution < -0.4 is 0 Å². The maximum absolute atomic E-state index is 11.6. The van der Waals surface area contributed by atoms with E-state index in [4.69, 9.17) is 9.15 Å². The Balaban J connectivity index is 1.45. The third kappa shape index (κ3) is 8.77. The first-order valence-electron chi connectivity index (χ1n) is 13.0. The molecule has 1 saturated carbocycles. The molecule has 2 aromatic rings. The quantitative estimate of drug-likeness (QED) is 0.200. The maximum atomic E-state index is 11.6. The SMILES string of the molecule is CC(C)OC(=O)CCC/C=C\C[C@@H]1[C@@H](/C=C/[C@@H](O)CCc2cccc(-c3ccoc3)c2)[C@H](O)C[C@@H]1O. The van der Waals surface area contributed by atoms with E-state index in [9.17, 15) is 20.1 Å². The number of carbonyl (C=O) groups excluding carboxylic acids is 1. The van der Waals surface area contributed by atoms with Gasteiger partial charge in [-0.15, -0.1) is 0 Å². The smallest absolute Gasteiger partial charge is 0.306 e. The molecule has 36 heavy (non-hydrogen) atoms. The van der Waals surface area contributed by atoms with Crippen molar-refractivity contribution in [1.29, 1.82) is 0 Å². The van der Waals surface area contributed by atoms with E-state index in [1.54, 1.807) is 18.6 Å². The minimum absolute atomic E-state index is 0.0920. The van der Waals surface area contributed by atoms with Gasteiger partial charge < -0.3 is 24.5 Å². The lowest BCUT2D eigenvalue weighted by atomic mass is 9.89. The van der Waals surface area contributed by atoms with Crippen LogP contribution in [0.4, 0.5) is 0 Å². The van der Waals surface area contributed by atoms with Crippen LogP contribution in [0.1, 0.15) is 57.9 Å². The highest BCUT2D eigenvalue weighted by Crippen LogP contribution is 2.36. The molecule has 0 saturated heterocycles. The third-order valence-corrected chi connectivity index (χ3v) is 6.68. The van der Waals surface area contributed by atoms with Crippen LogP contribution in [0.25, 0.3) is 11.1 Å². The van der Waals surface area contributed by atoms with Gasteiger partial charge in [-0.25, -0.2) is 0 Å². The van der Waals surface area contributed by atoms with Gasteiger partial charge in [-0.3, -0.25) is 4.79 Å². The Morgan fingerprint density at radius 3 is 2.75 bits per heavy atom. The molecule has 0 aliphatic heterocycles. The van der Waals surface area contributed by atoms with E-state index in [0.29, 0.717) is 25.7 Å². The highest BCUT2D eigenvalue weighted by Gasteiger charge is 2.39. The van der Waals surface area contributed by atoms with Gasteiger partial charge in [0.15, 0.2) is 0 Å². The zero-order chi connectivity index (χ0) is 25.9. The Morgan fingerprint density at radius 1 is 1.17 bits per heavy atom. The van der Waals surface area contributed by atoms with E-state index >= 15 is 0 Å². The third-order valence-electron chi connectivity index (χ3n) is 6.68. The van der Waals surface area contributed by atoms with E-state index in [-0.39, 0.29) is 23.9 Å². The fourth-order valence-corrected chi connectivity index (χ4v) is 4.77. The highest BCUT2D eigenvalue weighted by atomic mass is 16.5. The minimum atomic E-state index is -0.630. The van der Waals surface area contributed by atoms with Crippen molar-refractivity contribution in [2.24, 2.45) is 11.8 Å². The summed E-state index contributed by atoms with van der Waals surface area (Å²) in [6.45, 7) is 3.68. The number of aryl methyl sites for hydroxylation is 1. The first-order valence-corrected chi connectivity index (χ1v) is 13.0. The molecule has 1 aliphatic carbocycles. The van der Waals surface area contributed by atoms with Gasteiger partial charge in [0.25, 0.3) is 0 Å². The second-order valence-corrected chi connectivity index (χ2v) is 9.95. The highest BCUT2D eigenvalue weighted by molar-refractivity contribution is 5.69. The molecule has 6 heteroatoms. The predicted molar refractivity (Wildman–Crippen MR) is 140 cm³/mol. The molecule has 1 heterocycles. The van der Waals surface area contributed by atoms with Gasteiger partial charge in [0.2, 0.25) is 0 Å². The number of furan rings is 1. The van der Waals surface area contributed by atoms with Crippen molar-refractivity contribution in [3.8, 4) is 11.1 Å². The first-order chi connectivity index (χ1) is 17.3.